The summed E-state index contributed by atoms with van der Waals surface area (Å²) in [5, 5.41) is 3.38. The Morgan fingerprint density at radius 1 is 1.05 bits per heavy atom. The smallest absolute Gasteiger partial charge is 0.205 e. The minimum absolute atomic E-state index is 0.326. The molecular weight excluding hydrogens is 312 g/mol. The molecule has 0 unspecified atom stereocenters. The molecule has 0 aliphatic rings. The van der Waals surface area contributed by atoms with Crippen molar-refractivity contribution < 1.29 is 8.78 Å². The maximum absolute atomic E-state index is 13.2. The van der Waals surface area contributed by atoms with Crippen LogP contribution in [0.5, 0.6) is 0 Å². The van der Waals surface area contributed by atoms with Crippen molar-refractivity contribution in [1.29, 1.82) is 0 Å². The molecule has 4 aromatic rings. The van der Waals surface area contributed by atoms with Crippen LogP contribution < -0.4 is 5.32 Å². The highest BCUT2D eigenvalue weighted by Gasteiger charge is 2.11. The van der Waals surface area contributed by atoms with Crippen LogP contribution in [0.15, 0.2) is 30.5 Å². The molecule has 22 heavy (non-hydrogen) atoms. The Balaban J connectivity index is 1.77. The third kappa shape index (κ3) is 2.06. The Morgan fingerprint density at radius 2 is 1.86 bits per heavy atom. The Hall–Kier alpha value is -2.67. The number of H-pyrrole nitrogens is 2. The van der Waals surface area contributed by atoms with Crippen molar-refractivity contribution in [1.82, 2.24) is 19.9 Å². The van der Waals surface area contributed by atoms with E-state index in [1.807, 2.05) is 0 Å². The van der Waals surface area contributed by atoms with Gasteiger partial charge in [-0.25, -0.2) is 18.7 Å². The summed E-state index contributed by atoms with van der Waals surface area (Å²) in [5.74, 6) is -1.52. The maximum atomic E-state index is 13.2. The quantitative estimate of drug-likeness (QED) is 0.487. The number of nitrogens with one attached hydrogen (secondary N) is 3. The van der Waals surface area contributed by atoms with Crippen LogP contribution in [-0.2, 0) is 0 Å². The molecule has 0 aliphatic carbocycles. The zero-order valence-electron chi connectivity index (χ0n) is 10.9. The Morgan fingerprint density at radius 3 is 2.73 bits per heavy atom. The maximum Gasteiger partial charge on any atom is 0.205 e. The molecule has 0 aliphatic heterocycles. The third-order valence-corrected chi connectivity index (χ3v) is 3.48. The van der Waals surface area contributed by atoms with Crippen molar-refractivity contribution in [3.05, 3.63) is 47.2 Å². The van der Waals surface area contributed by atoms with Crippen molar-refractivity contribution in [2.24, 2.45) is 0 Å². The number of halogens is 3. The highest BCUT2D eigenvalue weighted by Crippen LogP contribution is 2.26. The molecule has 0 atom stereocenters. The topological polar surface area (TPSA) is 69.4 Å². The van der Waals surface area contributed by atoms with E-state index in [1.165, 1.54) is 0 Å². The van der Waals surface area contributed by atoms with E-state index in [0.29, 0.717) is 33.3 Å². The average molecular weight is 320 g/mol. The van der Waals surface area contributed by atoms with Crippen molar-refractivity contribution in [3.63, 3.8) is 0 Å². The number of aromatic amines is 2. The zero-order valence-corrected chi connectivity index (χ0v) is 11.7. The summed E-state index contributed by atoms with van der Waals surface area (Å²) < 4.78 is 26.4. The van der Waals surface area contributed by atoms with Crippen LogP contribution in [-0.4, -0.2) is 19.9 Å². The molecular formula is C14H8ClF2N5. The number of anilines is 2. The Bertz CT molecular complexity index is 968. The van der Waals surface area contributed by atoms with Crippen molar-refractivity contribution in [3.8, 4) is 0 Å². The molecule has 3 N–H and O–H groups in total. The molecule has 8 heteroatoms. The second-order valence-electron chi connectivity index (χ2n) is 4.73. The minimum atomic E-state index is -0.939. The van der Waals surface area contributed by atoms with E-state index in [9.17, 15) is 8.78 Å². The average Bonchev–Trinajstić information content (AvgIpc) is 3.04. The molecule has 4 rings (SSSR count). The molecule has 3 aromatic heterocycles. The molecule has 5 nitrogen and oxygen atoms in total. The molecule has 1 aromatic carbocycles. The third-order valence-electron chi connectivity index (χ3n) is 3.27. The second-order valence-corrected chi connectivity index (χ2v) is 5.11. The molecule has 0 amide bonds. The van der Waals surface area contributed by atoms with Gasteiger partial charge in [-0.2, -0.15) is 0 Å². The van der Waals surface area contributed by atoms with Crippen molar-refractivity contribution in [2.75, 3.05) is 5.32 Å². The number of rotatable bonds is 2. The largest absolute Gasteiger partial charge is 0.358 e. The number of hydrogen-bond donors (Lipinski definition) is 3. The van der Waals surface area contributed by atoms with Crippen LogP contribution in [0.3, 0.4) is 0 Å². The molecule has 0 saturated carbocycles. The lowest BCUT2D eigenvalue weighted by Crippen LogP contribution is -1.91. The molecule has 0 radical (unpaired) electrons. The lowest BCUT2D eigenvalue weighted by atomic mass is 10.3. The first-order chi connectivity index (χ1) is 10.6. The van der Waals surface area contributed by atoms with Crippen LogP contribution in [0.4, 0.5) is 20.4 Å². The van der Waals surface area contributed by atoms with Gasteiger partial charge in [-0.15, -0.1) is 0 Å². The van der Waals surface area contributed by atoms with E-state index >= 15 is 0 Å². The summed E-state index contributed by atoms with van der Waals surface area (Å²) in [6.07, 6.45) is 1.71. The Kier molecular flexibility index (Phi) is 2.77. The zero-order chi connectivity index (χ0) is 15.3. The van der Waals surface area contributed by atoms with Crippen LogP contribution in [0.2, 0.25) is 5.15 Å². The first-order valence-electron chi connectivity index (χ1n) is 6.35. The number of imidazole rings is 1. The van der Waals surface area contributed by atoms with Crippen LogP contribution >= 0.6 is 11.6 Å². The summed E-state index contributed by atoms with van der Waals surface area (Å²) >= 11 is 5.89. The fourth-order valence-electron chi connectivity index (χ4n) is 2.26. The molecule has 0 bridgehead atoms. The molecule has 110 valence electrons. The van der Waals surface area contributed by atoms with E-state index in [4.69, 9.17) is 11.6 Å². The van der Waals surface area contributed by atoms with Crippen LogP contribution in [0.25, 0.3) is 22.1 Å². The van der Waals surface area contributed by atoms with E-state index in [0.717, 1.165) is 17.6 Å². The molecule has 0 fully saturated rings. The molecule has 0 spiro atoms. The van der Waals surface area contributed by atoms with Crippen LogP contribution in [0.1, 0.15) is 0 Å². The number of pyridine rings is 1. The normalized spacial score (nSPS) is 11.4. The molecule has 3 heterocycles. The summed E-state index contributed by atoms with van der Waals surface area (Å²) in [6.45, 7) is 0. The van der Waals surface area contributed by atoms with Gasteiger partial charge in [0.05, 0.1) is 22.2 Å². The van der Waals surface area contributed by atoms with Gasteiger partial charge < -0.3 is 15.3 Å². The monoisotopic (exact) mass is 319 g/mol. The van der Waals surface area contributed by atoms with Crippen LogP contribution in [0, 0.1) is 11.6 Å². The van der Waals surface area contributed by atoms with Gasteiger partial charge in [-0.05, 0) is 12.1 Å². The van der Waals surface area contributed by atoms with Gasteiger partial charge in [0.15, 0.2) is 11.6 Å². The molecule has 0 saturated heterocycles. The van der Waals surface area contributed by atoms with Gasteiger partial charge in [0.25, 0.3) is 0 Å². The van der Waals surface area contributed by atoms with Gasteiger partial charge in [0.1, 0.15) is 10.7 Å². The second kappa shape index (κ2) is 4.67. The van der Waals surface area contributed by atoms with E-state index in [-0.39, 0.29) is 0 Å². The first kappa shape index (κ1) is 13.0. The van der Waals surface area contributed by atoms with Gasteiger partial charge in [0.2, 0.25) is 5.95 Å². The van der Waals surface area contributed by atoms with Gasteiger partial charge >= 0.3 is 0 Å². The Labute approximate surface area is 127 Å². The van der Waals surface area contributed by atoms with Crippen molar-refractivity contribution in [2.45, 2.75) is 0 Å². The summed E-state index contributed by atoms with van der Waals surface area (Å²) in [4.78, 5) is 14.3. The minimum Gasteiger partial charge on any atom is -0.358 e. The number of aromatic nitrogens is 4. The lowest BCUT2D eigenvalue weighted by molar-refractivity contribution is 0.510. The van der Waals surface area contributed by atoms with Gasteiger partial charge in [0, 0.05) is 18.3 Å². The standard InChI is InChI=1S/C14H8ClF2N5/c15-12-2-1-8-13(22-12)11(5-18-8)21-14-19-9-3-6(16)7(17)4-10(9)20-14/h1-5,18H,(H2,19,20,21). The summed E-state index contributed by atoms with van der Waals surface area (Å²) in [5.41, 5.74) is 2.82. The van der Waals surface area contributed by atoms with Crippen molar-refractivity contribution >= 4 is 45.3 Å². The summed E-state index contributed by atoms with van der Waals surface area (Å²) in [6, 6.07) is 5.58. The number of nitrogens with zero attached hydrogens (tertiary/aromatic N) is 2. The highest BCUT2D eigenvalue weighted by molar-refractivity contribution is 6.29. The fraction of sp³-hybridized carbons (Fsp3) is 0. The predicted octanol–water partition coefficient (Wildman–Crippen LogP) is 4.11. The van der Waals surface area contributed by atoms with Gasteiger partial charge in [-0.1, -0.05) is 11.6 Å². The fourth-order valence-corrected chi connectivity index (χ4v) is 2.41. The number of benzene rings is 1. The number of fused-ring (bicyclic) bond motifs is 2. The summed E-state index contributed by atoms with van der Waals surface area (Å²) in [7, 11) is 0. The highest BCUT2D eigenvalue weighted by atomic mass is 35.5. The van der Waals surface area contributed by atoms with E-state index in [1.54, 1.807) is 18.3 Å². The van der Waals surface area contributed by atoms with E-state index < -0.39 is 11.6 Å². The lowest BCUT2D eigenvalue weighted by Gasteiger charge is -1.99. The first-order valence-corrected chi connectivity index (χ1v) is 6.73. The SMILES string of the molecule is Fc1cc2nc(Nc3c[nH]c4ccc(Cl)nc34)[nH]c2cc1F. The number of hydrogen-bond acceptors (Lipinski definition) is 3. The van der Waals surface area contributed by atoms with E-state index in [2.05, 4.69) is 25.3 Å². The predicted molar refractivity (Wildman–Crippen MR) is 80.4 cm³/mol. The van der Waals surface area contributed by atoms with Gasteiger partial charge in [-0.3, -0.25) is 0 Å².